The molecule has 3 heterocycles. The number of amides is 1. The van der Waals surface area contributed by atoms with Gasteiger partial charge < -0.3 is 14.8 Å². The zero-order chi connectivity index (χ0) is 19.8. The lowest BCUT2D eigenvalue weighted by Crippen LogP contribution is -2.26. The lowest BCUT2D eigenvalue weighted by atomic mass is 10.1. The monoisotopic (exact) mass is 400 g/mol. The minimum atomic E-state index is -0.143. The van der Waals surface area contributed by atoms with E-state index in [0.717, 1.165) is 22.3 Å². The number of fused-ring (bicyclic) bond motifs is 2. The van der Waals surface area contributed by atoms with Crippen LogP contribution in [-0.4, -0.2) is 40.4 Å². The first-order valence-corrected chi connectivity index (χ1v) is 9.49. The third-order valence-corrected chi connectivity index (χ3v) is 4.98. The summed E-state index contributed by atoms with van der Waals surface area (Å²) in [5.41, 5.74) is 3.84. The lowest BCUT2D eigenvalue weighted by molar-refractivity contribution is 0.0955. The molecular formula is C20H21ClN4O3. The molecule has 2 aromatic heterocycles. The van der Waals surface area contributed by atoms with Gasteiger partial charge in [-0.3, -0.25) is 9.48 Å². The van der Waals surface area contributed by atoms with E-state index in [0.29, 0.717) is 53.9 Å². The second-order valence-electron chi connectivity index (χ2n) is 6.83. The van der Waals surface area contributed by atoms with Gasteiger partial charge in [0.25, 0.3) is 5.91 Å². The standard InChI is InChI=1S/C20H21ClN4O3/c1-11-8-14(17-12(2)24-25(3)19(17)23-11)20(26)22-5-4-13-9-15(21)18-16(10-13)27-6-7-28-18/h8-10H,4-7H2,1-3H3,(H,22,26). The molecule has 8 heteroatoms. The zero-order valence-electron chi connectivity index (χ0n) is 16.0. The number of carbonyl (C=O) groups is 1. The van der Waals surface area contributed by atoms with Gasteiger partial charge in [-0.2, -0.15) is 5.10 Å². The van der Waals surface area contributed by atoms with Crippen LogP contribution in [-0.2, 0) is 13.5 Å². The van der Waals surface area contributed by atoms with Crippen LogP contribution in [0.4, 0.5) is 0 Å². The van der Waals surface area contributed by atoms with Crippen molar-refractivity contribution in [3.05, 3.63) is 45.7 Å². The molecule has 0 saturated heterocycles. The molecule has 0 bridgehead atoms. The summed E-state index contributed by atoms with van der Waals surface area (Å²) < 4.78 is 12.8. The van der Waals surface area contributed by atoms with Crippen molar-refractivity contribution in [1.82, 2.24) is 20.1 Å². The molecule has 146 valence electrons. The van der Waals surface area contributed by atoms with Gasteiger partial charge in [-0.25, -0.2) is 4.98 Å². The van der Waals surface area contributed by atoms with E-state index in [2.05, 4.69) is 15.4 Å². The van der Waals surface area contributed by atoms with E-state index in [1.54, 1.807) is 10.7 Å². The van der Waals surface area contributed by atoms with Crippen molar-refractivity contribution >= 4 is 28.5 Å². The maximum Gasteiger partial charge on any atom is 0.252 e. The largest absolute Gasteiger partial charge is 0.486 e. The van der Waals surface area contributed by atoms with E-state index >= 15 is 0 Å². The first kappa shape index (κ1) is 18.6. The molecule has 3 aromatic rings. The third-order valence-electron chi connectivity index (χ3n) is 4.70. The Kier molecular flexibility index (Phi) is 4.85. The van der Waals surface area contributed by atoms with Crippen molar-refractivity contribution in [3.8, 4) is 11.5 Å². The molecule has 7 nitrogen and oxygen atoms in total. The third kappa shape index (κ3) is 3.38. The van der Waals surface area contributed by atoms with Crippen LogP contribution < -0.4 is 14.8 Å². The van der Waals surface area contributed by atoms with Crippen LogP contribution in [0.1, 0.15) is 27.3 Å². The molecule has 0 saturated carbocycles. The highest BCUT2D eigenvalue weighted by Crippen LogP contribution is 2.38. The number of nitrogens with one attached hydrogen (secondary N) is 1. The Morgan fingerprint density at radius 1 is 1.25 bits per heavy atom. The quantitative estimate of drug-likeness (QED) is 0.728. The smallest absolute Gasteiger partial charge is 0.252 e. The van der Waals surface area contributed by atoms with E-state index in [1.807, 2.05) is 33.0 Å². The van der Waals surface area contributed by atoms with Gasteiger partial charge in [0.1, 0.15) is 13.2 Å². The second kappa shape index (κ2) is 7.31. The Labute approximate surface area is 167 Å². The topological polar surface area (TPSA) is 78.3 Å². The summed E-state index contributed by atoms with van der Waals surface area (Å²) >= 11 is 6.28. The molecular weight excluding hydrogens is 380 g/mol. The van der Waals surface area contributed by atoms with Crippen LogP contribution in [0.5, 0.6) is 11.5 Å². The summed E-state index contributed by atoms with van der Waals surface area (Å²) in [6, 6.07) is 5.56. The van der Waals surface area contributed by atoms with Crippen molar-refractivity contribution in [2.45, 2.75) is 20.3 Å². The van der Waals surface area contributed by atoms with Crippen LogP contribution in [0.25, 0.3) is 11.0 Å². The van der Waals surface area contributed by atoms with E-state index in [9.17, 15) is 4.79 Å². The van der Waals surface area contributed by atoms with Crippen LogP contribution in [0, 0.1) is 13.8 Å². The minimum Gasteiger partial charge on any atom is -0.486 e. The van der Waals surface area contributed by atoms with E-state index in [1.165, 1.54) is 0 Å². The summed E-state index contributed by atoms with van der Waals surface area (Å²) in [6.07, 6.45) is 0.626. The molecule has 1 aromatic carbocycles. The molecule has 0 aliphatic carbocycles. The van der Waals surface area contributed by atoms with Crippen molar-refractivity contribution < 1.29 is 14.3 Å². The molecule has 28 heavy (non-hydrogen) atoms. The molecule has 0 fully saturated rings. The van der Waals surface area contributed by atoms with Crippen LogP contribution >= 0.6 is 11.6 Å². The molecule has 1 aliphatic heterocycles. The lowest BCUT2D eigenvalue weighted by Gasteiger charge is -2.20. The Balaban J connectivity index is 1.50. The Morgan fingerprint density at radius 2 is 2.04 bits per heavy atom. The Hall–Kier alpha value is -2.80. The number of hydrogen-bond acceptors (Lipinski definition) is 5. The summed E-state index contributed by atoms with van der Waals surface area (Å²) in [4.78, 5) is 17.3. The number of hydrogen-bond donors (Lipinski definition) is 1. The molecule has 0 radical (unpaired) electrons. The zero-order valence-corrected chi connectivity index (χ0v) is 16.8. The fraction of sp³-hybridized carbons (Fsp3) is 0.350. The molecule has 1 amide bonds. The predicted molar refractivity (Wildman–Crippen MR) is 106 cm³/mol. The van der Waals surface area contributed by atoms with E-state index < -0.39 is 0 Å². The number of nitrogens with zero attached hydrogens (tertiary/aromatic N) is 3. The fourth-order valence-electron chi connectivity index (χ4n) is 3.47. The second-order valence-corrected chi connectivity index (χ2v) is 7.23. The molecule has 0 atom stereocenters. The van der Waals surface area contributed by atoms with Crippen LogP contribution in [0.2, 0.25) is 5.02 Å². The number of carbonyl (C=O) groups excluding carboxylic acids is 1. The molecule has 4 rings (SSSR count). The Morgan fingerprint density at radius 3 is 2.86 bits per heavy atom. The van der Waals surface area contributed by atoms with Gasteiger partial charge in [-0.1, -0.05) is 11.6 Å². The van der Waals surface area contributed by atoms with E-state index in [4.69, 9.17) is 21.1 Å². The van der Waals surface area contributed by atoms with Gasteiger partial charge in [0, 0.05) is 19.3 Å². The Bertz CT molecular complexity index is 1080. The van der Waals surface area contributed by atoms with Crippen molar-refractivity contribution in [1.29, 1.82) is 0 Å². The minimum absolute atomic E-state index is 0.143. The summed E-state index contributed by atoms with van der Waals surface area (Å²) in [7, 11) is 1.83. The van der Waals surface area contributed by atoms with Gasteiger partial charge in [0.05, 0.1) is 21.7 Å². The molecule has 1 aliphatic rings. The first-order valence-electron chi connectivity index (χ1n) is 9.11. The number of ether oxygens (including phenoxy) is 2. The summed E-state index contributed by atoms with van der Waals surface area (Å²) in [6.45, 7) is 5.22. The highest BCUT2D eigenvalue weighted by Gasteiger charge is 2.19. The number of aryl methyl sites for hydroxylation is 3. The number of benzene rings is 1. The number of pyridine rings is 1. The van der Waals surface area contributed by atoms with Gasteiger partial charge in [-0.05, 0) is 44.0 Å². The van der Waals surface area contributed by atoms with Gasteiger partial charge in [0.15, 0.2) is 17.1 Å². The average molecular weight is 401 g/mol. The number of aromatic nitrogens is 3. The number of rotatable bonds is 4. The van der Waals surface area contributed by atoms with Crippen LogP contribution in [0.3, 0.4) is 0 Å². The van der Waals surface area contributed by atoms with Crippen LogP contribution in [0.15, 0.2) is 18.2 Å². The van der Waals surface area contributed by atoms with Gasteiger partial charge >= 0.3 is 0 Å². The summed E-state index contributed by atoms with van der Waals surface area (Å²) in [5, 5.41) is 8.68. The predicted octanol–water partition coefficient (Wildman–Crippen LogP) is 2.98. The highest BCUT2D eigenvalue weighted by molar-refractivity contribution is 6.32. The van der Waals surface area contributed by atoms with Gasteiger partial charge in [0.2, 0.25) is 0 Å². The molecule has 0 unspecified atom stereocenters. The fourth-order valence-corrected chi connectivity index (χ4v) is 3.76. The van der Waals surface area contributed by atoms with Crippen molar-refractivity contribution in [2.24, 2.45) is 7.05 Å². The average Bonchev–Trinajstić information content (AvgIpc) is 2.95. The van der Waals surface area contributed by atoms with E-state index in [-0.39, 0.29) is 5.91 Å². The molecule has 1 N–H and O–H groups in total. The van der Waals surface area contributed by atoms with Crippen molar-refractivity contribution in [2.75, 3.05) is 19.8 Å². The highest BCUT2D eigenvalue weighted by atomic mass is 35.5. The number of halogens is 1. The SMILES string of the molecule is Cc1cc(C(=O)NCCc2cc(Cl)c3c(c2)OCCO3)c2c(C)nn(C)c2n1. The van der Waals surface area contributed by atoms with Crippen molar-refractivity contribution in [3.63, 3.8) is 0 Å². The first-order chi connectivity index (χ1) is 13.4. The van der Waals surface area contributed by atoms with Gasteiger partial charge in [-0.15, -0.1) is 0 Å². The summed E-state index contributed by atoms with van der Waals surface area (Å²) in [5.74, 6) is 1.09. The normalized spacial score (nSPS) is 13.0. The molecule has 0 spiro atoms. The maximum atomic E-state index is 12.8. The maximum absolute atomic E-state index is 12.8.